The summed E-state index contributed by atoms with van der Waals surface area (Å²) >= 11 is 1.64. The van der Waals surface area contributed by atoms with Gasteiger partial charge in [-0.15, -0.1) is 11.3 Å². The van der Waals surface area contributed by atoms with Crippen LogP contribution in [0.1, 0.15) is 48.1 Å². The van der Waals surface area contributed by atoms with Crippen LogP contribution in [-0.4, -0.2) is 9.97 Å². The fourth-order valence-electron chi connectivity index (χ4n) is 3.57. The minimum atomic E-state index is -0.251. The maximum atomic E-state index is 13.8. The SMILES string of the molecule is Cc1ccc(N[C@@H](C)c2nc3sc4c(c3c(=O)[nH]2)CC[C@@H](C)C4)cc1F. The van der Waals surface area contributed by atoms with Gasteiger partial charge in [0.1, 0.15) is 16.5 Å². The summed E-state index contributed by atoms with van der Waals surface area (Å²) in [7, 11) is 0. The fraction of sp³-hybridized carbons (Fsp3) is 0.400. The summed E-state index contributed by atoms with van der Waals surface area (Å²) in [6, 6.07) is 4.80. The molecule has 0 saturated carbocycles. The van der Waals surface area contributed by atoms with Crippen LogP contribution >= 0.6 is 11.3 Å². The van der Waals surface area contributed by atoms with E-state index >= 15 is 0 Å². The third-order valence-electron chi connectivity index (χ3n) is 5.15. The molecule has 4 nitrogen and oxygen atoms in total. The van der Waals surface area contributed by atoms with Gasteiger partial charge in [-0.3, -0.25) is 4.79 Å². The van der Waals surface area contributed by atoms with Crippen LogP contribution in [0.25, 0.3) is 10.2 Å². The number of nitrogens with zero attached hydrogens (tertiary/aromatic N) is 1. The highest BCUT2D eigenvalue weighted by Gasteiger charge is 2.23. The normalized spacial score (nSPS) is 17.9. The van der Waals surface area contributed by atoms with E-state index in [1.807, 2.05) is 13.0 Å². The molecule has 0 spiro atoms. The Labute approximate surface area is 155 Å². The fourth-order valence-corrected chi connectivity index (χ4v) is 4.96. The zero-order chi connectivity index (χ0) is 18.4. The van der Waals surface area contributed by atoms with Gasteiger partial charge in [0, 0.05) is 10.6 Å². The van der Waals surface area contributed by atoms with Crippen molar-refractivity contribution in [2.75, 3.05) is 5.32 Å². The second-order valence-corrected chi connectivity index (χ2v) is 8.40. The summed E-state index contributed by atoms with van der Waals surface area (Å²) in [4.78, 5) is 22.4. The number of aryl methyl sites for hydroxylation is 2. The van der Waals surface area contributed by atoms with Crippen molar-refractivity contribution in [3.8, 4) is 0 Å². The molecule has 1 aliphatic carbocycles. The molecular weight excluding hydrogens is 349 g/mol. The molecule has 0 unspecified atom stereocenters. The number of rotatable bonds is 3. The van der Waals surface area contributed by atoms with E-state index in [4.69, 9.17) is 4.98 Å². The highest BCUT2D eigenvalue weighted by molar-refractivity contribution is 7.18. The first kappa shape index (κ1) is 17.2. The Kier molecular flexibility index (Phi) is 4.31. The summed E-state index contributed by atoms with van der Waals surface area (Å²) in [6.45, 7) is 5.90. The van der Waals surface area contributed by atoms with Crippen molar-refractivity contribution in [1.29, 1.82) is 0 Å². The van der Waals surface area contributed by atoms with Crippen LogP contribution in [0, 0.1) is 18.7 Å². The highest BCUT2D eigenvalue weighted by Crippen LogP contribution is 2.36. The smallest absolute Gasteiger partial charge is 0.259 e. The van der Waals surface area contributed by atoms with Crippen molar-refractivity contribution in [2.45, 2.75) is 46.1 Å². The standard InChI is InChI=1S/C20H22FN3OS/c1-10-4-7-14-16(8-10)26-20-17(14)19(25)23-18(24-20)12(3)22-13-6-5-11(2)15(21)9-13/h5-6,9-10,12,22H,4,7-8H2,1-3H3,(H,23,24,25)/t10-,12+/m1/s1. The second kappa shape index (κ2) is 6.50. The summed E-state index contributed by atoms with van der Waals surface area (Å²) < 4.78 is 13.8. The molecule has 1 aliphatic rings. The number of anilines is 1. The zero-order valence-electron chi connectivity index (χ0n) is 15.1. The first-order valence-corrected chi connectivity index (χ1v) is 9.81. The molecule has 2 heterocycles. The van der Waals surface area contributed by atoms with Gasteiger partial charge in [0.2, 0.25) is 0 Å². The van der Waals surface area contributed by atoms with E-state index in [-0.39, 0.29) is 17.4 Å². The molecule has 26 heavy (non-hydrogen) atoms. The Hall–Kier alpha value is -2.21. The van der Waals surface area contributed by atoms with E-state index < -0.39 is 0 Å². The van der Waals surface area contributed by atoms with Gasteiger partial charge in [-0.1, -0.05) is 13.0 Å². The zero-order valence-corrected chi connectivity index (χ0v) is 16.0. The van der Waals surface area contributed by atoms with E-state index in [1.165, 1.54) is 16.5 Å². The summed E-state index contributed by atoms with van der Waals surface area (Å²) in [6.07, 6.45) is 3.11. The lowest BCUT2D eigenvalue weighted by Crippen LogP contribution is -2.18. The lowest BCUT2D eigenvalue weighted by molar-refractivity contribution is 0.509. The summed E-state index contributed by atoms with van der Waals surface area (Å²) in [5.74, 6) is 0.987. The Morgan fingerprint density at radius 3 is 3.00 bits per heavy atom. The monoisotopic (exact) mass is 371 g/mol. The van der Waals surface area contributed by atoms with E-state index in [1.54, 1.807) is 24.3 Å². The maximum Gasteiger partial charge on any atom is 0.259 e. The van der Waals surface area contributed by atoms with Gasteiger partial charge in [-0.05, 0) is 62.3 Å². The second-order valence-electron chi connectivity index (χ2n) is 7.31. The van der Waals surface area contributed by atoms with Gasteiger partial charge in [0.05, 0.1) is 11.4 Å². The molecule has 4 rings (SSSR count). The molecule has 0 aliphatic heterocycles. The van der Waals surface area contributed by atoms with Crippen molar-refractivity contribution in [2.24, 2.45) is 5.92 Å². The molecule has 2 atom stereocenters. The lowest BCUT2D eigenvalue weighted by atomic mass is 9.89. The Morgan fingerprint density at radius 2 is 2.23 bits per heavy atom. The van der Waals surface area contributed by atoms with E-state index in [9.17, 15) is 9.18 Å². The molecular formula is C20H22FN3OS. The third kappa shape index (κ3) is 3.03. The molecule has 0 amide bonds. The van der Waals surface area contributed by atoms with Gasteiger partial charge in [-0.25, -0.2) is 9.37 Å². The van der Waals surface area contributed by atoms with Crippen LogP contribution in [0.5, 0.6) is 0 Å². The molecule has 1 aromatic carbocycles. The third-order valence-corrected chi connectivity index (χ3v) is 6.30. The first-order chi connectivity index (χ1) is 12.4. The first-order valence-electron chi connectivity index (χ1n) is 8.99. The number of halogens is 1. The molecule has 0 bridgehead atoms. The molecule has 3 aromatic rings. The van der Waals surface area contributed by atoms with Crippen molar-refractivity contribution < 1.29 is 4.39 Å². The van der Waals surface area contributed by atoms with Crippen LogP contribution < -0.4 is 10.9 Å². The average Bonchev–Trinajstić information content (AvgIpc) is 2.95. The Bertz CT molecular complexity index is 1040. The number of fused-ring (bicyclic) bond motifs is 3. The van der Waals surface area contributed by atoms with Crippen LogP contribution in [-0.2, 0) is 12.8 Å². The predicted octanol–water partition coefficient (Wildman–Crippen LogP) is 4.73. The largest absolute Gasteiger partial charge is 0.375 e. The van der Waals surface area contributed by atoms with Gasteiger partial charge in [0.15, 0.2) is 0 Å². The summed E-state index contributed by atoms with van der Waals surface area (Å²) in [5.41, 5.74) is 2.39. The number of aromatic nitrogens is 2. The van der Waals surface area contributed by atoms with Crippen LogP contribution in [0.2, 0.25) is 0 Å². The van der Waals surface area contributed by atoms with Gasteiger partial charge in [-0.2, -0.15) is 0 Å². The number of thiophene rings is 1. The van der Waals surface area contributed by atoms with Crippen LogP contribution in [0.3, 0.4) is 0 Å². The minimum absolute atomic E-state index is 0.0687. The topological polar surface area (TPSA) is 57.8 Å². The van der Waals surface area contributed by atoms with Crippen molar-refractivity contribution in [3.05, 3.63) is 56.2 Å². The number of nitrogens with one attached hydrogen (secondary N) is 2. The number of aromatic amines is 1. The molecule has 2 aromatic heterocycles. The molecule has 0 radical (unpaired) electrons. The Morgan fingerprint density at radius 1 is 1.42 bits per heavy atom. The van der Waals surface area contributed by atoms with E-state index in [0.29, 0.717) is 23.0 Å². The number of benzene rings is 1. The highest BCUT2D eigenvalue weighted by atomic mass is 32.1. The van der Waals surface area contributed by atoms with Gasteiger partial charge in [0.25, 0.3) is 5.56 Å². The molecule has 6 heteroatoms. The maximum absolute atomic E-state index is 13.8. The number of hydrogen-bond acceptors (Lipinski definition) is 4. The minimum Gasteiger partial charge on any atom is -0.375 e. The predicted molar refractivity (Wildman–Crippen MR) is 105 cm³/mol. The van der Waals surface area contributed by atoms with Crippen molar-refractivity contribution in [1.82, 2.24) is 9.97 Å². The number of hydrogen-bond donors (Lipinski definition) is 2. The van der Waals surface area contributed by atoms with E-state index in [0.717, 1.165) is 29.5 Å². The van der Waals surface area contributed by atoms with Crippen molar-refractivity contribution >= 4 is 27.2 Å². The summed E-state index contributed by atoms with van der Waals surface area (Å²) in [5, 5.41) is 3.98. The van der Waals surface area contributed by atoms with Gasteiger partial charge >= 0.3 is 0 Å². The van der Waals surface area contributed by atoms with Crippen LogP contribution in [0.15, 0.2) is 23.0 Å². The number of H-pyrrole nitrogens is 1. The molecule has 0 saturated heterocycles. The van der Waals surface area contributed by atoms with E-state index in [2.05, 4.69) is 17.2 Å². The molecule has 0 fully saturated rings. The average molecular weight is 371 g/mol. The quantitative estimate of drug-likeness (QED) is 0.700. The van der Waals surface area contributed by atoms with Crippen LogP contribution in [0.4, 0.5) is 10.1 Å². The Balaban J connectivity index is 1.68. The molecule has 136 valence electrons. The molecule has 2 N–H and O–H groups in total. The van der Waals surface area contributed by atoms with Gasteiger partial charge < -0.3 is 10.3 Å². The lowest BCUT2D eigenvalue weighted by Gasteiger charge is -2.17. The van der Waals surface area contributed by atoms with Crippen molar-refractivity contribution in [3.63, 3.8) is 0 Å².